The van der Waals surface area contributed by atoms with Crippen molar-refractivity contribution >= 4 is 5.78 Å². The predicted octanol–water partition coefficient (Wildman–Crippen LogP) is 3.41. The number of hydrogen-bond acceptors (Lipinski definition) is 3. The first-order valence-corrected chi connectivity index (χ1v) is 6.24. The molecule has 0 spiro atoms. The number of carbonyl (C=O) groups is 1. The van der Waals surface area contributed by atoms with Gasteiger partial charge in [0.2, 0.25) is 0 Å². The Morgan fingerprint density at radius 2 is 1.71 bits per heavy atom. The van der Waals surface area contributed by atoms with Crippen LogP contribution in [0.5, 0.6) is 11.5 Å². The Morgan fingerprint density at radius 1 is 1.00 bits per heavy atom. The largest absolute Gasteiger partial charge is 0.493 e. The van der Waals surface area contributed by atoms with Gasteiger partial charge < -0.3 is 9.47 Å². The fourth-order valence-corrected chi connectivity index (χ4v) is 1.96. The van der Waals surface area contributed by atoms with E-state index in [9.17, 15) is 13.6 Å². The van der Waals surface area contributed by atoms with Crippen molar-refractivity contribution in [3.05, 3.63) is 59.2 Å². The summed E-state index contributed by atoms with van der Waals surface area (Å²) in [6.45, 7) is 0. The molecule has 2 rings (SSSR count). The lowest BCUT2D eigenvalue weighted by molar-refractivity contribution is 0.0991. The Hall–Kier alpha value is -2.43. The molecule has 0 heterocycles. The SMILES string of the molecule is COc1ccc(C(=O)Cc2cc(F)ccc2F)cc1OC. The molecule has 0 aliphatic carbocycles. The highest BCUT2D eigenvalue weighted by molar-refractivity contribution is 5.98. The van der Waals surface area contributed by atoms with Crippen LogP contribution >= 0.6 is 0 Å². The van der Waals surface area contributed by atoms with Gasteiger partial charge in [-0.3, -0.25) is 4.79 Å². The molecule has 0 aliphatic heterocycles. The minimum Gasteiger partial charge on any atom is -0.493 e. The van der Waals surface area contributed by atoms with Gasteiger partial charge in [0.15, 0.2) is 17.3 Å². The zero-order valence-electron chi connectivity index (χ0n) is 11.7. The molecule has 5 heteroatoms. The molecule has 0 radical (unpaired) electrons. The predicted molar refractivity (Wildman–Crippen MR) is 73.9 cm³/mol. The van der Waals surface area contributed by atoms with E-state index in [1.165, 1.54) is 20.3 Å². The highest BCUT2D eigenvalue weighted by Gasteiger charge is 2.14. The Bertz CT molecular complexity index is 669. The molecule has 0 fully saturated rings. The van der Waals surface area contributed by atoms with Crippen LogP contribution in [0, 0.1) is 11.6 Å². The van der Waals surface area contributed by atoms with E-state index in [0.717, 1.165) is 18.2 Å². The van der Waals surface area contributed by atoms with Gasteiger partial charge in [-0.15, -0.1) is 0 Å². The topological polar surface area (TPSA) is 35.5 Å². The summed E-state index contributed by atoms with van der Waals surface area (Å²) in [5.74, 6) is -0.619. The average Bonchev–Trinajstić information content (AvgIpc) is 2.50. The van der Waals surface area contributed by atoms with E-state index in [0.29, 0.717) is 17.1 Å². The summed E-state index contributed by atoms with van der Waals surface area (Å²) in [5, 5.41) is 0. The maximum absolute atomic E-state index is 13.5. The van der Waals surface area contributed by atoms with E-state index < -0.39 is 11.6 Å². The molecule has 3 nitrogen and oxygen atoms in total. The first kappa shape index (κ1) is 15.0. The molecular formula is C16H14F2O3. The molecule has 0 aromatic heterocycles. The van der Waals surface area contributed by atoms with Crippen LogP contribution in [0.1, 0.15) is 15.9 Å². The van der Waals surface area contributed by atoms with E-state index in [4.69, 9.17) is 9.47 Å². The lowest BCUT2D eigenvalue weighted by Gasteiger charge is -2.09. The van der Waals surface area contributed by atoms with Crippen molar-refractivity contribution in [3.63, 3.8) is 0 Å². The van der Waals surface area contributed by atoms with Crippen molar-refractivity contribution in [1.29, 1.82) is 0 Å². The van der Waals surface area contributed by atoms with Crippen molar-refractivity contribution in [3.8, 4) is 11.5 Å². The number of hydrogen-bond donors (Lipinski definition) is 0. The summed E-state index contributed by atoms with van der Waals surface area (Å²) in [4.78, 5) is 12.2. The molecular weight excluding hydrogens is 278 g/mol. The summed E-state index contributed by atoms with van der Waals surface area (Å²) in [6, 6.07) is 7.70. The highest BCUT2D eigenvalue weighted by atomic mass is 19.1. The molecule has 0 N–H and O–H groups in total. The number of carbonyl (C=O) groups excluding carboxylic acids is 1. The Balaban J connectivity index is 2.26. The number of Topliss-reactive ketones (excluding diaryl/α,β-unsaturated/α-hetero) is 1. The first-order valence-electron chi connectivity index (χ1n) is 6.24. The molecule has 21 heavy (non-hydrogen) atoms. The summed E-state index contributed by atoms with van der Waals surface area (Å²) in [6.07, 6.45) is -0.223. The molecule has 0 bridgehead atoms. The van der Waals surface area contributed by atoms with Crippen molar-refractivity contribution < 1.29 is 23.0 Å². The van der Waals surface area contributed by atoms with Crippen LogP contribution in [0.2, 0.25) is 0 Å². The molecule has 110 valence electrons. The van der Waals surface area contributed by atoms with E-state index in [1.54, 1.807) is 12.1 Å². The zero-order chi connectivity index (χ0) is 15.4. The van der Waals surface area contributed by atoms with Crippen molar-refractivity contribution in [2.45, 2.75) is 6.42 Å². The van der Waals surface area contributed by atoms with Gasteiger partial charge in [-0.2, -0.15) is 0 Å². The highest BCUT2D eigenvalue weighted by Crippen LogP contribution is 2.28. The quantitative estimate of drug-likeness (QED) is 0.792. The van der Waals surface area contributed by atoms with Crippen LogP contribution in [0.3, 0.4) is 0 Å². The van der Waals surface area contributed by atoms with Crippen LogP contribution < -0.4 is 9.47 Å². The summed E-state index contributed by atoms with van der Waals surface area (Å²) in [7, 11) is 2.94. The number of ketones is 1. The average molecular weight is 292 g/mol. The van der Waals surface area contributed by atoms with Gasteiger partial charge in [-0.05, 0) is 42.0 Å². The minimum absolute atomic E-state index is 0.0229. The fraction of sp³-hybridized carbons (Fsp3) is 0.188. The van der Waals surface area contributed by atoms with Gasteiger partial charge in [0.1, 0.15) is 11.6 Å². The molecule has 2 aromatic rings. The van der Waals surface area contributed by atoms with Gasteiger partial charge in [-0.25, -0.2) is 8.78 Å². The monoisotopic (exact) mass is 292 g/mol. The molecule has 0 aliphatic rings. The number of benzene rings is 2. The van der Waals surface area contributed by atoms with Gasteiger partial charge >= 0.3 is 0 Å². The third-order valence-electron chi connectivity index (χ3n) is 3.06. The van der Waals surface area contributed by atoms with Gasteiger partial charge in [-0.1, -0.05) is 0 Å². The summed E-state index contributed by atoms with van der Waals surface area (Å²) >= 11 is 0. The Morgan fingerprint density at radius 3 is 2.38 bits per heavy atom. The molecule has 0 unspecified atom stereocenters. The second-order valence-corrected chi connectivity index (χ2v) is 4.41. The van der Waals surface area contributed by atoms with Crippen LogP contribution in [-0.4, -0.2) is 20.0 Å². The smallest absolute Gasteiger partial charge is 0.167 e. The second kappa shape index (κ2) is 6.35. The first-order chi connectivity index (χ1) is 10.0. The maximum atomic E-state index is 13.5. The van der Waals surface area contributed by atoms with Crippen LogP contribution in [0.25, 0.3) is 0 Å². The second-order valence-electron chi connectivity index (χ2n) is 4.41. The Kier molecular flexibility index (Phi) is 4.52. The van der Waals surface area contributed by atoms with Crippen LogP contribution in [-0.2, 0) is 6.42 Å². The number of ether oxygens (including phenoxy) is 2. The lowest BCUT2D eigenvalue weighted by atomic mass is 10.0. The van der Waals surface area contributed by atoms with Crippen LogP contribution in [0.15, 0.2) is 36.4 Å². The van der Waals surface area contributed by atoms with E-state index in [-0.39, 0.29) is 17.8 Å². The zero-order valence-corrected chi connectivity index (χ0v) is 11.7. The fourth-order valence-electron chi connectivity index (χ4n) is 1.96. The van der Waals surface area contributed by atoms with Gasteiger partial charge in [0.25, 0.3) is 0 Å². The molecule has 0 saturated carbocycles. The van der Waals surface area contributed by atoms with Crippen molar-refractivity contribution in [2.75, 3.05) is 14.2 Å². The summed E-state index contributed by atoms with van der Waals surface area (Å²) < 4.78 is 36.8. The third-order valence-corrected chi connectivity index (χ3v) is 3.06. The minimum atomic E-state index is -0.606. The van der Waals surface area contributed by atoms with E-state index >= 15 is 0 Å². The molecule has 2 aromatic carbocycles. The number of halogens is 2. The Labute approximate surface area is 121 Å². The van der Waals surface area contributed by atoms with Gasteiger partial charge in [0.05, 0.1) is 14.2 Å². The summed E-state index contributed by atoms with van der Waals surface area (Å²) in [5.41, 5.74) is 0.367. The molecule has 0 saturated heterocycles. The third kappa shape index (κ3) is 3.37. The maximum Gasteiger partial charge on any atom is 0.167 e. The van der Waals surface area contributed by atoms with Crippen molar-refractivity contribution in [1.82, 2.24) is 0 Å². The molecule has 0 amide bonds. The van der Waals surface area contributed by atoms with E-state index in [1.807, 2.05) is 0 Å². The lowest BCUT2D eigenvalue weighted by Crippen LogP contribution is -2.06. The number of rotatable bonds is 5. The molecule has 0 atom stereocenters. The standard InChI is InChI=1S/C16H14F2O3/c1-20-15-6-3-10(9-16(15)21-2)14(19)8-11-7-12(17)4-5-13(11)18/h3-7,9H,8H2,1-2H3. The van der Waals surface area contributed by atoms with Crippen molar-refractivity contribution in [2.24, 2.45) is 0 Å². The van der Waals surface area contributed by atoms with E-state index in [2.05, 4.69) is 0 Å². The normalized spacial score (nSPS) is 10.3. The number of methoxy groups -OCH3 is 2. The van der Waals surface area contributed by atoms with Crippen LogP contribution in [0.4, 0.5) is 8.78 Å². The van der Waals surface area contributed by atoms with Gasteiger partial charge in [0, 0.05) is 12.0 Å².